The fourth-order valence-corrected chi connectivity index (χ4v) is 3.29. The highest BCUT2D eigenvalue weighted by molar-refractivity contribution is 7.92. The molecule has 0 radical (unpaired) electrons. The summed E-state index contributed by atoms with van der Waals surface area (Å²) in [6.45, 7) is 0.711. The molecule has 0 amide bonds. The van der Waals surface area contributed by atoms with Gasteiger partial charge in [0.15, 0.2) is 0 Å². The largest absolute Gasteiger partial charge is 0.493 e. The molecule has 6 heteroatoms. The van der Waals surface area contributed by atoms with Crippen LogP contribution in [-0.2, 0) is 7.05 Å². The third kappa shape index (κ3) is 3.30. The molecule has 2 N–H and O–H groups in total. The normalized spacial score (nSPS) is 13.8. The predicted octanol–water partition coefficient (Wildman–Crippen LogP) is 3.90. The Hall–Kier alpha value is -2.44. The highest BCUT2D eigenvalue weighted by atomic mass is 32.2. The molecule has 1 saturated carbocycles. The van der Waals surface area contributed by atoms with Crippen LogP contribution in [0.25, 0.3) is 21.9 Å². The zero-order valence-electron chi connectivity index (χ0n) is 14.5. The van der Waals surface area contributed by atoms with Crippen molar-refractivity contribution in [3.63, 3.8) is 0 Å². The summed E-state index contributed by atoms with van der Waals surface area (Å²) in [7, 11) is 1.76. The number of hydrogen-bond donors (Lipinski definition) is 1. The van der Waals surface area contributed by atoms with Gasteiger partial charge in [0, 0.05) is 29.8 Å². The van der Waals surface area contributed by atoms with Crippen LogP contribution in [0, 0.1) is 5.92 Å². The Kier molecular flexibility index (Phi) is 4.61. The SMILES string of the molecule is Cn1cc(-c2cc(OSN)ccc2OCC2CC2)c2ccccc2c1=O. The lowest BCUT2D eigenvalue weighted by Gasteiger charge is -2.15. The summed E-state index contributed by atoms with van der Waals surface area (Å²) < 4.78 is 13.1. The number of nitrogens with zero attached hydrogens (tertiary/aromatic N) is 1. The first-order chi connectivity index (χ1) is 12.7. The molecule has 1 aromatic heterocycles. The Balaban J connectivity index is 1.89. The first-order valence-electron chi connectivity index (χ1n) is 8.56. The maximum atomic E-state index is 12.5. The average Bonchev–Trinajstić information content (AvgIpc) is 3.48. The maximum absolute atomic E-state index is 12.5. The molecule has 0 atom stereocenters. The monoisotopic (exact) mass is 368 g/mol. The van der Waals surface area contributed by atoms with Crippen molar-refractivity contribution in [1.82, 2.24) is 4.57 Å². The Morgan fingerprint density at radius 2 is 1.92 bits per heavy atom. The highest BCUT2D eigenvalue weighted by Gasteiger charge is 2.23. The van der Waals surface area contributed by atoms with Crippen LogP contribution < -0.4 is 19.6 Å². The lowest BCUT2D eigenvalue weighted by Crippen LogP contribution is -2.16. The van der Waals surface area contributed by atoms with Crippen molar-refractivity contribution in [3.05, 3.63) is 59.0 Å². The first-order valence-corrected chi connectivity index (χ1v) is 9.37. The molecule has 0 aliphatic heterocycles. The van der Waals surface area contributed by atoms with Crippen LogP contribution in [0.5, 0.6) is 11.5 Å². The number of fused-ring (bicyclic) bond motifs is 1. The summed E-state index contributed by atoms with van der Waals surface area (Å²) >= 11 is 0.806. The Bertz CT molecular complexity index is 1010. The maximum Gasteiger partial charge on any atom is 0.258 e. The van der Waals surface area contributed by atoms with Crippen molar-refractivity contribution >= 4 is 23.0 Å². The molecule has 1 fully saturated rings. The summed E-state index contributed by atoms with van der Waals surface area (Å²) in [4.78, 5) is 12.5. The molecule has 4 rings (SSSR count). The van der Waals surface area contributed by atoms with Gasteiger partial charge < -0.3 is 13.5 Å². The van der Waals surface area contributed by atoms with Crippen molar-refractivity contribution < 1.29 is 8.92 Å². The third-order valence-corrected chi connectivity index (χ3v) is 4.94. The van der Waals surface area contributed by atoms with Crippen LogP contribution in [0.1, 0.15) is 12.8 Å². The van der Waals surface area contributed by atoms with Gasteiger partial charge in [-0.1, -0.05) is 18.2 Å². The smallest absolute Gasteiger partial charge is 0.258 e. The van der Waals surface area contributed by atoms with Crippen molar-refractivity contribution in [3.8, 4) is 22.6 Å². The van der Waals surface area contributed by atoms with E-state index < -0.39 is 0 Å². The van der Waals surface area contributed by atoms with Crippen molar-refractivity contribution in [1.29, 1.82) is 0 Å². The van der Waals surface area contributed by atoms with E-state index in [1.54, 1.807) is 11.6 Å². The van der Waals surface area contributed by atoms with Gasteiger partial charge in [-0.25, -0.2) is 5.14 Å². The first kappa shape index (κ1) is 17.0. The number of ether oxygens (including phenoxy) is 1. The highest BCUT2D eigenvalue weighted by Crippen LogP contribution is 2.38. The summed E-state index contributed by atoms with van der Waals surface area (Å²) in [6.07, 6.45) is 4.30. The summed E-state index contributed by atoms with van der Waals surface area (Å²) in [5.74, 6) is 2.08. The number of benzene rings is 2. The Morgan fingerprint density at radius 3 is 2.65 bits per heavy atom. The van der Waals surface area contributed by atoms with Gasteiger partial charge >= 0.3 is 0 Å². The number of nitrogens with two attached hydrogens (primary N) is 1. The topological polar surface area (TPSA) is 66.5 Å². The van der Waals surface area contributed by atoms with Crippen LogP contribution in [0.3, 0.4) is 0 Å². The standard InChI is InChI=1S/C20H20N2O3S/c1-22-11-18(15-4-2-3-5-16(15)20(22)23)17-10-14(25-26-21)8-9-19(17)24-12-13-6-7-13/h2-5,8-11,13H,6-7,12,21H2,1H3. The van der Waals surface area contributed by atoms with E-state index in [9.17, 15) is 4.79 Å². The molecular formula is C20H20N2O3S. The van der Waals surface area contributed by atoms with Gasteiger partial charge in [-0.2, -0.15) is 0 Å². The predicted molar refractivity (Wildman–Crippen MR) is 105 cm³/mol. The molecule has 0 unspecified atom stereocenters. The number of hydrogen-bond acceptors (Lipinski definition) is 5. The van der Waals surface area contributed by atoms with Gasteiger partial charge in [0.25, 0.3) is 5.56 Å². The fraction of sp³-hybridized carbons (Fsp3) is 0.250. The average molecular weight is 368 g/mol. The van der Waals surface area contributed by atoms with Gasteiger partial charge in [-0.05, 0) is 48.4 Å². The second-order valence-electron chi connectivity index (χ2n) is 6.60. The molecule has 0 bridgehead atoms. The summed E-state index contributed by atoms with van der Waals surface area (Å²) in [5.41, 5.74) is 1.81. The number of pyridine rings is 1. The molecular weight excluding hydrogens is 348 g/mol. The molecule has 134 valence electrons. The molecule has 1 aliphatic rings. The van der Waals surface area contributed by atoms with Gasteiger partial charge in [0.1, 0.15) is 23.7 Å². The van der Waals surface area contributed by atoms with E-state index in [2.05, 4.69) is 0 Å². The molecule has 3 aromatic rings. The molecule has 5 nitrogen and oxygen atoms in total. The summed E-state index contributed by atoms with van der Waals surface area (Å²) in [5, 5.41) is 7.02. The fourth-order valence-electron chi connectivity index (χ4n) is 3.08. The van der Waals surface area contributed by atoms with Crippen molar-refractivity contribution in [2.45, 2.75) is 12.8 Å². The van der Waals surface area contributed by atoms with E-state index >= 15 is 0 Å². The number of aromatic nitrogens is 1. The van der Waals surface area contributed by atoms with Crippen molar-refractivity contribution in [2.24, 2.45) is 18.1 Å². The molecule has 0 spiro atoms. The number of rotatable bonds is 6. The minimum atomic E-state index is -0.0188. The van der Waals surface area contributed by atoms with Gasteiger partial charge in [-0.15, -0.1) is 0 Å². The second kappa shape index (κ2) is 7.05. The van der Waals surface area contributed by atoms with E-state index in [0.29, 0.717) is 23.7 Å². The second-order valence-corrected chi connectivity index (χ2v) is 6.96. The van der Waals surface area contributed by atoms with Crippen LogP contribution >= 0.6 is 12.2 Å². The zero-order chi connectivity index (χ0) is 18.1. The molecule has 2 aromatic carbocycles. The van der Waals surface area contributed by atoms with E-state index in [1.807, 2.05) is 48.7 Å². The number of aryl methyl sites for hydroxylation is 1. The van der Waals surface area contributed by atoms with Gasteiger partial charge in [0.2, 0.25) is 0 Å². The molecule has 0 saturated heterocycles. The zero-order valence-corrected chi connectivity index (χ0v) is 15.3. The minimum absolute atomic E-state index is 0.0188. The summed E-state index contributed by atoms with van der Waals surface area (Å²) in [6, 6.07) is 13.3. The molecule has 1 heterocycles. The van der Waals surface area contributed by atoms with E-state index in [1.165, 1.54) is 12.8 Å². The lowest BCUT2D eigenvalue weighted by atomic mass is 9.99. The van der Waals surface area contributed by atoms with Gasteiger partial charge in [0.05, 0.1) is 6.61 Å². The Labute approximate surface area is 156 Å². The Morgan fingerprint density at radius 1 is 1.15 bits per heavy atom. The van der Waals surface area contributed by atoms with Crippen LogP contribution in [0.4, 0.5) is 0 Å². The lowest BCUT2D eigenvalue weighted by molar-refractivity contribution is 0.301. The quantitative estimate of drug-likeness (QED) is 0.528. The molecule has 26 heavy (non-hydrogen) atoms. The van der Waals surface area contributed by atoms with Crippen LogP contribution in [-0.4, -0.2) is 11.2 Å². The third-order valence-electron chi connectivity index (χ3n) is 4.65. The molecule has 1 aliphatic carbocycles. The van der Waals surface area contributed by atoms with E-state index in [-0.39, 0.29) is 5.56 Å². The van der Waals surface area contributed by atoms with E-state index in [4.69, 9.17) is 14.1 Å². The van der Waals surface area contributed by atoms with E-state index in [0.717, 1.165) is 34.5 Å². The van der Waals surface area contributed by atoms with Crippen molar-refractivity contribution in [2.75, 3.05) is 6.61 Å². The van der Waals surface area contributed by atoms with Crippen LogP contribution in [0.15, 0.2) is 53.5 Å². The van der Waals surface area contributed by atoms with Crippen LogP contribution in [0.2, 0.25) is 0 Å². The van der Waals surface area contributed by atoms with Gasteiger partial charge in [-0.3, -0.25) is 4.79 Å². The minimum Gasteiger partial charge on any atom is -0.493 e.